The van der Waals surface area contributed by atoms with Crippen molar-refractivity contribution in [3.8, 4) is 0 Å². The van der Waals surface area contributed by atoms with Crippen LogP contribution in [0.15, 0.2) is 5.49 Å². The van der Waals surface area contributed by atoms with E-state index in [9.17, 15) is 0 Å². The maximum absolute atomic E-state index is 7.06. The highest BCUT2D eigenvalue weighted by Gasteiger charge is 1.88. The molecule has 1 nitrogen and oxygen atoms in total. The minimum absolute atomic E-state index is 0.417. The first-order valence-electron chi connectivity index (χ1n) is 2.61. The Labute approximate surface area is 48.4 Å². The molecule has 1 aromatic rings. The van der Waals surface area contributed by atoms with Crippen LogP contribution in [0.1, 0.15) is 11.9 Å². The molecule has 1 heterocycles. The van der Waals surface area contributed by atoms with Crippen molar-refractivity contribution < 1.29 is 1.37 Å². The molecule has 0 amide bonds. The van der Waals surface area contributed by atoms with Gasteiger partial charge in [0.05, 0.1) is 12.6 Å². The average molecular weight is 114 g/mol. The summed E-state index contributed by atoms with van der Waals surface area (Å²) in [6, 6.07) is 0. The van der Waals surface area contributed by atoms with Crippen LogP contribution in [0.2, 0.25) is 0 Å². The van der Waals surface area contributed by atoms with Crippen molar-refractivity contribution in [3.63, 3.8) is 0 Å². The zero-order valence-corrected chi connectivity index (χ0v) is 5.17. The van der Waals surface area contributed by atoms with Crippen molar-refractivity contribution in [2.45, 2.75) is 13.8 Å². The second-order valence-electron chi connectivity index (χ2n) is 1.45. The van der Waals surface area contributed by atoms with E-state index >= 15 is 0 Å². The summed E-state index contributed by atoms with van der Waals surface area (Å²) in [7, 11) is 0. The predicted molar refractivity (Wildman–Crippen MR) is 31.6 cm³/mol. The van der Waals surface area contributed by atoms with Crippen molar-refractivity contribution in [2.24, 2.45) is 0 Å². The van der Waals surface area contributed by atoms with E-state index in [0.29, 0.717) is 5.49 Å². The summed E-state index contributed by atoms with van der Waals surface area (Å²) in [6.07, 6.45) is 0. The monoisotopic (exact) mass is 114 g/mol. The summed E-state index contributed by atoms with van der Waals surface area (Å²) in [4.78, 5) is 5.04. The lowest BCUT2D eigenvalue weighted by Gasteiger charge is -1.77. The molecule has 38 valence electrons. The van der Waals surface area contributed by atoms with Gasteiger partial charge in [-0.05, 0) is 13.8 Å². The van der Waals surface area contributed by atoms with Crippen LogP contribution in [-0.2, 0) is 0 Å². The highest BCUT2D eigenvalue weighted by molar-refractivity contribution is 7.09. The van der Waals surface area contributed by atoms with Gasteiger partial charge < -0.3 is 0 Å². The zero-order valence-electron chi connectivity index (χ0n) is 5.36. The molecule has 0 atom stereocenters. The Morgan fingerprint density at radius 3 is 2.71 bits per heavy atom. The van der Waals surface area contributed by atoms with Gasteiger partial charge in [-0.25, -0.2) is 4.98 Å². The van der Waals surface area contributed by atoms with Crippen LogP contribution in [0.4, 0.5) is 0 Å². The lowest BCUT2D eigenvalue weighted by atomic mass is 10.4. The van der Waals surface area contributed by atoms with Gasteiger partial charge in [0.2, 0.25) is 0 Å². The predicted octanol–water partition coefficient (Wildman–Crippen LogP) is 1.76. The summed E-state index contributed by atoms with van der Waals surface area (Å²) in [5.74, 6) is 0. The quantitative estimate of drug-likeness (QED) is 0.501. The Morgan fingerprint density at radius 2 is 2.57 bits per heavy atom. The van der Waals surface area contributed by atoms with Gasteiger partial charge in [0.15, 0.2) is 0 Å². The number of nitrogens with zero attached hydrogens (tertiary/aromatic N) is 1. The van der Waals surface area contributed by atoms with E-state index < -0.39 is 0 Å². The molecule has 0 aromatic carbocycles. The number of aryl methyl sites for hydroxylation is 2. The van der Waals surface area contributed by atoms with Crippen molar-refractivity contribution in [3.05, 3.63) is 16.1 Å². The van der Waals surface area contributed by atoms with Crippen molar-refractivity contribution in [1.29, 1.82) is 0 Å². The first-order valence-corrected chi connectivity index (χ1v) is 2.92. The van der Waals surface area contributed by atoms with Gasteiger partial charge in [0.1, 0.15) is 0 Å². The molecule has 0 fully saturated rings. The summed E-state index contributed by atoms with van der Waals surface area (Å²) in [5, 5.41) is 0. The molecule has 0 N–H and O–H groups in total. The molecule has 0 bridgehead atoms. The third kappa shape index (κ3) is 0.800. The third-order valence-corrected chi connectivity index (χ3v) is 1.71. The van der Waals surface area contributed by atoms with Crippen LogP contribution in [-0.4, -0.2) is 4.98 Å². The topological polar surface area (TPSA) is 12.9 Å². The third-order valence-electron chi connectivity index (χ3n) is 0.922. The normalized spacial score (nSPS) is 11.4. The standard InChI is InChI=1S/C5H7NS/c1-4-5(2)7-3-6-4/h3H,1-2H3/i3D. The molecule has 0 aliphatic heterocycles. The fourth-order valence-corrected chi connectivity index (χ4v) is 0.825. The zero-order chi connectivity index (χ0) is 6.15. The van der Waals surface area contributed by atoms with E-state index in [1.54, 1.807) is 0 Å². The van der Waals surface area contributed by atoms with Gasteiger partial charge in [0, 0.05) is 4.88 Å². The van der Waals surface area contributed by atoms with Gasteiger partial charge in [-0.3, -0.25) is 0 Å². The van der Waals surface area contributed by atoms with Crippen LogP contribution in [0, 0.1) is 13.8 Å². The van der Waals surface area contributed by atoms with Crippen molar-refractivity contribution in [2.75, 3.05) is 0 Å². The van der Waals surface area contributed by atoms with Crippen LogP contribution in [0.5, 0.6) is 0 Å². The Balaban J connectivity index is 3.14. The Morgan fingerprint density at radius 1 is 1.86 bits per heavy atom. The number of rotatable bonds is 0. The largest absolute Gasteiger partial charge is 0.250 e. The number of hydrogen-bond donors (Lipinski definition) is 0. The minimum atomic E-state index is 0.417. The summed E-state index contributed by atoms with van der Waals surface area (Å²) < 4.78 is 7.06. The molecule has 0 saturated carbocycles. The molecule has 0 aliphatic carbocycles. The lowest BCUT2D eigenvalue weighted by molar-refractivity contribution is 1.23. The molecule has 1 rings (SSSR count). The van der Waals surface area contributed by atoms with Gasteiger partial charge >= 0.3 is 0 Å². The Bertz CT molecular complexity index is 175. The van der Waals surface area contributed by atoms with Crippen molar-refractivity contribution >= 4 is 11.3 Å². The average Bonchev–Trinajstić information content (AvgIpc) is 1.85. The Hall–Kier alpha value is -0.370. The molecule has 7 heavy (non-hydrogen) atoms. The summed E-state index contributed by atoms with van der Waals surface area (Å²) in [6.45, 7) is 3.90. The fraction of sp³-hybridized carbons (Fsp3) is 0.400. The Kier molecular flexibility index (Phi) is 0.836. The molecule has 0 spiro atoms. The van der Waals surface area contributed by atoms with E-state index in [2.05, 4.69) is 4.98 Å². The molecule has 0 unspecified atom stereocenters. The summed E-state index contributed by atoms with van der Waals surface area (Å²) in [5.41, 5.74) is 1.40. The number of aromatic nitrogens is 1. The second kappa shape index (κ2) is 1.62. The highest BCUT2D eigenvalue weighted by atomic mass is 32.1. The van der Waals surface area contributed by atoms with Crippen LogP contribution >= 0.6 is 11.3 Å². The molecule has 0 aliphatic rings. The minimum Gasteiger partial charge on any atom is -0.250 e. The van der Waals surface area contributed by atoms with Crippen LogP contribution < -0.4 is 0 Å². The SMILES string of the molecule is [2H]c1nc(C)c(C)s1. The van der Waals surface area contributed by atoms with Gasteiger partial charge in [-0.2, -0.15) is 0 Å². The molecule has 1 aromatic heterocycles. The smallest absolute Gasteiger partial charge is 0.0960 e. The molecule has 0 radical (unpaired) electrons. The van der Waals surface area contributed by atoms with Crippen LogP contribution in [0.3, 0.4) is 0 Å². The van der Waals surface area contributed by atoms with E-state index in [4.69, 9.17) is 1.37 Å². The highest BCUT2D eigenvalue weighted by Crippen LogP contribution is 2.07. The van der Waals surface area contributed by atoms with Gasteiger partial charge in [-0.15, -0.1) is 11.3 Å². The maximum atomic E-state index is 7.06. The van der Waals surface area contributed by atoms with Crippen LogP contribution in [0.25, 0.3) is 0 Å². The molecular formula is C5H7NS. The number of thiazole rings is 1. The lowest BCUT2D eigenvalue weighted by Crippen LogP contribution is -1.68. The maximum Gasteiger partial charge on any atom is 0.0960 e. The molecule has 0 saturated heterocycles. The van der Waals surface area contributed by atoms with Crippen molar-refractivity contribution in [1.82, 2.24) is 4.98 Å². The van der Waals surface area contributed by atoms with Gasteiger partial charge in [0.25, 0.3) is 0 Å². The fourth-order valence-electron chi connectivity index (χ4n) is 0.312. The first kappa shape index (κ1) is 3.61. The van der Waals surface area contributed by atoms with E-state index in [0.717, 1.165) is 10.6 Å². The first-order chi connectivity index (χ1) is 3.70. The van der Waals surface area contributed by atoms with E-state index in [-0.39, 0.29) is 0 Å². The van der Waals surface area contributed by atoms with E-state index in [1.807, 2.05) is 13.8 Å². The summed E-state index contributed by atoms with van der Waals surface area (Å²) >= 11 is 1.42. The second-order valence-corrected chi connectivity index (χ2v) is 2.45. The van der Waals surface area contributed by atoms with Gasteiger partial charge in [-0.1, -0.05) is 0 Å². The molecule has 2 heteroatoms. The number of hydrogen-bond acceptors (Lipinski definition) is 2. The van der Waals surface area contributed by atoms with E-state index in [1.165, 1.54) is 11.3 Å². The molecular weight excluding hydrogens is 106 g/mol.